The van der Waals surface area contributed by atoms with Gasteiger partial charge in [-0.05, 0) is 0 Å². The molecule has 0 aliphatic rings. The average molecular weight is 108 g/mol. The number of hydrogen-bond acceptors (Lipinski definition) is 2. The Morgan fingerprint density at radius 3 is 2.17 bits per heavy atom. The summed E-state index contributed by atoms with van der Waals surface area (Å²) in [4.78, 5) is 0. The Kier molecular flexibility index (Phi) is 2.75. The van der Waals surface area contributed by atoms with Gasteiger partial charge >= 0.3 is 0 Å². The number of rotatable bonds is 1. The molecule has 36 valence electrons. The molecule has 0 aromatic carbocycles. The van der Waals surface area contributed by atoms with Crippen molar-refractivity contribution in [2.24, 2.45) is 10.3 Å². The zero-order valence-corrected chi connectivity index (χ0v) is 4.48. The molecule has 0 aromatic rings. The Hall–Kier alpha value is -0.310. The highest BCUT2D eigenvalue weighted by atomic mass is 35.5. The maximum atomic E-state index is 5.15. The first kappa shape index (κ1) is 5.69. The van der Waals surface area contributed by atoms with Crippen LogP contribution in [-0.2, 0) is 0 Å². The predicted octanol–water partition coefficient (Wildman–Crippen LogP) is 1.07. The summed E-state index contributed by atoms with van der Waals surface area (Å²) >= 11 is 5.15. The van der Waals surface area contributed by atoms with Gasteiger partial charge in [-0.25, -0.2) is 0 Å². The average Bonchev–Trinajstić information content (AvgIpc) is 1.35. The minimum Gasteiger partial charge on any atom is -0.191 e. The van der Waals surface area contributed by atoms with Crippen LogP contribution in [0, 0.1) is 0 Å². The fraction of sp³-hybridized carbons (Fsp3) is 1.00. The largest absolute Gasteiger partial charge is 0.191 e. The number of hydrogen-bond donors (Lipinski definition) is 0. The Morgan fingerprint density at radius 2 is 2.17 bits per heavy atom. The fourth-order valence-corrected chi connectivity index (χ4v) is 0.191. The Labute approximate surface area is 41.7 Å². The van der Waals surface area contributed by atoms with Crippen LogP contribution in [0.25, 0.3) is 0 Å². The van der Waals surface area contributed by atoms with Gasteiger partial charge < -0.3 is 0 Å². The quantitative estimate of drug-likeness (QED) is 0.280. The molecule has 0 heterocycles. The van der Waals surface area contributed by atoms with E-state index in [4.69, 9.17) is 11.8 Å². The number of halogens is 1. The molecule has 0 rings (SSSR count). The predicted molar refractivity (Wildman–Crippen MR) is 24.4 cm³/mol. The first-order chi connectivity index (χ1) is 2.77. The summed E-state index contributed by atoms with van der Waals surface area (Å²) in [6.07, 6.45) is 0. The third-order valence-electron chi connectivity index (χ3n) is 0.213. The van der Waals surface area contributed by atoms with Crippen molar-refractivity contribution in [1.29, 1.82) is 0 Å². The van der Waals surface area contributed by atoms with Crippen LogP contribution in [0.3, 0.4) is 0 Å². The minimum absolute atomic E-state index is 1.11. The van der Waals surface area contributed by atoms with Crippen molar-refractivity contribution in [3.05, 3.63) is 0 Å². The van der Waals surface area contributed by atoms with E-state index < -0.39 is 0 Å². The van der Waals surface area contributed by atoms with Crippen molar-refractivity contribution in [2.45, 2.75) is 0 Å². The lowest BCUT2D eigenvalue weighted by molar-refractivity contribution is 0.546. The molecule has 3 nitrogen and oxygen atoms in total. The Balaban J connectivity index is 3.03. The van der Waals surface area contributed by atoms with Crippen LogP contribution in [0.15, 0.2) is 10.3 Å². The first-order valence-corrected chi connectivity index (χ1v) is 1.80. The molecule has 4 heteroatoms. The summed E-state index contributed by atoms with van der Waals surface area (Å²) in [5.74, 6) is 0. The van der Waals surface area contributed by atoms with Crippen molar-refractivity contribution < 1.29 is 0 Å². The van der Waals surface area contributed by atoms with E-state index in [-0.39, 0.29) is 0 Å². The SMILES string of the molecule is CN=NN(C)Cl. The van der Waals surface area contributed by atoms with Gasteiger partial charge in [-0.3, -0.25) is 0 Å². The molecule has 0 aromatic heterocycles. The fourth-order valence-electron chi connectivity index (χ4n) is 0.123. The molecule has 0 unspecified atom stereocenters. The lowest BCUT2D eigenvalue weighted by Crippen LogP contribution is -1.88. The molecule has 0 aliphatic carbocycles. The third kappa shape index (κ3) is 3.69. The van der Waals surface area contributed by atoms with E-state index in [1.807, 2.05) is 0 Å². The van der Waals surface area contributed by atoms with Crippen molar-refractivity contribution in [2.75, 3.05) is 14.1 Å². The maximum Gasteiger partial charge on any atom is 0.0509 e. The molecule has 0 bridgehead atoms. The van der Waals surface area contributed by atoms with Crippen LogP contribution in [0.1, 0.15) is 0 Å². The number of nitrogens with zero attached hydrogens (tertiary/aromatic N) is 3. The van der Waals surface area contributed by atoms with Gasteiger partial charge in [0.2, 0.25) is 0 Å². The molecule has 0 amide bonds. The van der Waals surface area contributed by atoms with Gasteiger partial charge in [0.05, 0.1) is 7.05 Å². The highest BCUT2D eigenvalue weighted by Gasteiger charge is 1.72. The summed E-state index contributed by atoms with van der Waals surface area (Å²) in [5, 5.41) is 6.70. The van der Waals surface area contributed by atoms with Gasteiger partial charge in [-0.2, -0.15) is 9.64 Å². The standard InChI is InChI=1S/C2H6ClN3/c1-4-5-6(2)3/h1-2H3. The third-order valence-corrected chi connectivity index (χ3v) is 0.280. The molecule has 0 atom stereocenters. The van der Waals surface area contributed by atoms with Gasteiger partial charge in [0, 0.05) is 18.8 Å². The monoisotopic (exact) mass is 107 g/mol. The van der Waals surface area contributed by atoms with Crippen LogP contribution in [0.5, 0.6) is 0 Å². The lowest BCUT2D eigenvalue weighted by Gasteiger charge is -1.91. The van der Waals surface area contributed by atoms with E-state index in [9.17, 15) is 0 Å². The second-order valence-corrected chi connectivity index (χ2v) is 1.22. The first-order valence-electron chi connectivity index (χ1n) is 1.46. The zero-order chi connectivity index (χ0) is 4.99. The van der Waals surface area contributed by atoms with Crippen molar-refractivity contribution >= 4 is 11.8 Å². The lowest BCUT2D eigenvalue weighted by atomic mass is 11.5. The summed E-state index contributed by atoms with van der Waals surface area (Å²) in [7, 11) is 3.15. The van der Waals surface area contributed by atoms with Gasteiger partial charge in [0.1, 0.15) is 0 Å². The summed E-state index contributed by atoms with van der Waals surface area (Å²) in [6, 6.07) is 0. The molecule has 0 spiro atoms. The normalized spacial score (nSPS) is 9.83. The van der Waals surface area contributed by atoms with Crippen molar-refractivity contribution in [3.8, 4) is 0 Å². The Morgan fingerprint density at radius 1 is 1.67 bits per heavy atom. The van der Waals surface area contributed by atoms with E-state index in [2.05, 4.69) is 10.3 Å². The van der Waals surface area contributed by atoms with Crippen LogP contribution in [0.2, 0.25) is 0 Å². The van der Waals surface area contributed by atoms with E-state index in [0.29, 0.717) is 0 Å². The van der Waals surface area contributed by atoms with Crippen molar-refractivity contribution in [1.82, 2.24) is 4.53 Å². The summed E-state index contributed by atoms with van der Waals surface area (Å²) in [5.41, 5.74) is 0. The van der Waals surface area contributed by atoms with Crippen LogP contribution < -0.4 is 0 Å². The molecular weight excluding hydrogens is 101 g/mol. The van der Waals surface area contributed by atoms with Crippen LogP contribution in [-0.4, -0.2) is 18.6 Å². The molecule has 6 heavy (non-hydrogen) atoms. The van der Waals surface area contributed by atoms with Gasteiger partial charge in [0.15, 0.2) is 0 Å². The Bertz CT molecular complexity index is 50.8. The second-order valence-electron chi connectivity index (χ2n) is 0.734. The van der Waals surface area contributed by atoms with Crippen LogP contribution >= 0.6 is 11.8 Å². The smallest absolute Gasteiger partial charge is 0.0509 e. The summed E-state index contributed by atoms with van der Waals surface area (Å²) in [6.45, 7) is 0. The van der Waals surface area contributed by atoms with Gasteiger partial charge in [-0.1, -0.05) is 5.22 Å². The molecule has 0 aliphatic heterocycles. The molecule has 0 radical (unpaired) electrons. The van der Waals surface area contributed by atoms with E-state index in [0.717, 1.165) is 4.53 Å². The topological polar surface area (TPSA) is 28.0 Å². The minimum atomic E-state index is 1.11. The molecule has 0 fully saturated rings. The highest BCUT2D eigenvalue weighted by Crippen LogP contribution is 1.85. The van der Waals surface area contributed by atoms with Gasteiger partial charge in [0.25, 0.3) is 0 Å². The molecular formula is C2H6ClN3. The molecule has 0 N–H and O–H groups in total. The highest BCUT2D eigenvalue weighted by molar-refractivity contribution is 6.12. The van der Waals surface area contributed by atoms with Gasteiger partial charge in [-0.15, -0.1) is 0 Å². The van der Waals surface area contributed by atoms with Crippen molar-refractivity contribution in [3.63, 3.8) is 0 Å². The second kappa shape index (κ2) is 2.90. The molecule has 0 saturated heterocycles. The molecule has 0 saturated carbocycles. The zero-order valence-electron chi connectivity index (χ0n) is 3.72. The van der Waals surface area contributed by atoms with E-state index in [1.54, 1.807) is 14.1 Å². The maximum absolute atomic E-state index is 5.15. The van der Waals surface area contributed by atoms with E-state index in [1.165, 1.54) is 0 Å². The van der Waals surface area contributed by atoms with Crippen LogP contribution in [0.4, 0.5) is 0 Å². The summed E-state index contributed by atoms with van der Waals surface area (Å²) < 4.78 is 1.11. The van der Waals surface area contributed by atoms with E-state index >= 15 is 0 Å².